The Morgan fingerprint density at radius 3 is 2.77 bits per heavy atom. The zero-order valence-electron chi connectivity index (χ0n) is 12.2. The number of hydrogen-bond acceptors (Lipinski definition) is 4. The lowest BCUT2D eigenvalue weighted by Crippen LogP contribution is -2.33. The Labute approximate surface area is 134 Å². The number of rotatable bonds is 5. The molecule has 114 valence electrons. The number of pyridine rings is 1. The van der Waals surface area contributed by atoms with E-state index in [2.05, 4.69) is 4.98 Å². The number of hydrogen-bond donors (Lipinski definition) is 0. The van der Waals surface area contributed by atoms with Crippen LogP contribution in [0.15, 0.2) is 54.9 Å². The molecule has 1 aliphatic heterocycles. The highest BCUT2D eigenvalue weighted by atomic mass is 32.2. The maximum Gasteiger partial charge on any atom is 0.249 e. The third-order valence-corrected chi connectivity index (χ3v) is 4.80. The van der Waals surface area contributed by atoms with Crippen LogP contribution in [0.1, 0.15) is 16.5 Å². The number of thioether (sulfide) groups is 1. The minimum atomic E-state index is 0.0442. The summed E-state index contributed by atoms with van der Waals surface area (Å²) in [6, 6.07) is 13.8. The lowest BCUT2D eigenvalue weighted by atomic mass is 10.2. The highest BCUT2D eigenvalue weighted by Gasteiger charge is 2.30. The van der Waals surface area contributed by atoms with Crippen LogP contribution in [0.5, 0.6) is 0 Å². The zero-order chi connectivity index (χ0) is 15.2. The summed E-state index contributed by atoms with van der Waals surface area (Å²) in [7, 11) is 0. The van der Waals surface area contributed by atoms with Crippen LogP contribution in [0.3, 0.4) is 0 Å². The van der Waals surface area contributed by atoms with E-state index in [4.69, 9.17) is 4.74 Å². The molecule has 2 heterocycles. The largest absolute Gasteiger partial charge is 0.367 e. The molecule has 0 bridgehead atoms. The highest BCUT2D eigenvalue weighted by molar-refractivity contribution is 7.99. The number of aromatic nitrogens is 1. The molecule has 0 N–H and O–H groups in total. The molecule has 1 atom stereocenters. The van der Waals surface area contributed by atoms with Crippen LogP contribution < -0.4 is 0 Å². The van der Waals surface area contributed by atoms with Crippen LogP contribution in [0.2, 0.25) is 0 Å². The van der Waals surface area contributed by atoms with Gasteiger partial charge in [-0.25, -0.2) is 0 Å². The second-order valence-corrected chi connectivity index (χ2v) is 6.26. The van der Waals surface area contributed by atoms with Crippen molar-refractivity contribution in [3.63, 3.8) is 0 Å². The summed E-state index contributed by atoms with van der Waals surface area (Å²) in [5, 5.41) is 0.0795. The van der Waals surface area contributed by atoms with Crippen molar-refractivity contribution in [2.24, 2.45) is 0 Å². The number of carbonyl (C=O) groups excluding carboxylic acids is 1. The van der Waals surface area contributed by atoms with E-state index in [1.54, 1.807) is 24.2 Å². The van der Waals surface area contributed by atoms with Crippen LogP contribution in [-0.4, -0.2) is 34.7 Å². The molecule has 0 aliphatic carbocycles. The molecule has 5 heteroatoms. The Balaban J connectivity index is 1.55. The number of nitrogens with zero attached hydrogens (tertiary/aromatic N) is 2. The van der Waals surface area contributed by atoms with Crippen molar-refractivity contribution in [1.29, 1.82) is 0 Å². The molecule has 4 nitrogen and oxygen atoms in total. The molecule has 1 fully saturated rings. The number of benzene rings is 1. The van der Waals surface area contributed by atoms with Gasteiger partial charge in [0.25, 0.3) is 0 Å². The molecule has 0 spiro atoms. The van der Waals surface area contributed by atoms with E-state index >= 15 is 0 Å². The van der Waals surface area contributed by atoms with Crippen molar-refractivity contribution in [2.75, 3.05) is 18.9 Å². The van der Waals surface area contributed by atoms with Gasteiger partial charge in [-0.3, -0.25) is 9.78 Å². The van der Waals surface area contributed by atoms with Gasteiger partial charge in [0.15, 0.2) is 0 Å². The van der Waals surface area contributed by atoms with Crippen LogP contribution in [0.4, 0.5) is 0 Å². The summed E-state index contributed by atoms with van der Waals surface area (Å²) in [6.45, 7) is 1.36. The number of carbonyl (C=O) groups is 1. The van der Waals surface area contributed by atoms with Gasteiger partial charge in [-0.1, -0.05) is 30.3 Å². The molecular weight excluding hydrogens is 296 g/mol. The van der Waals surface area contributed by atoms with E-state index in [1.165, 1.54) is 0 Å². The SMILES string of the molecule is O=C(COCc1ccccc1)N1CCSC1c1ccncc1. The predicted molar refractivity (Wildman–Crippen MR) is 87.2 cm³/mol. The maximum atomic E-state index is 12.4. The van der Waals surface area contributed by atoms with Crippen molar-refractivity contribution < 1.29 is 9.53 Å². The lowest BCUT2D eigenvalue weighted by Gasteiger charge is -2.24. The normalized spacial score (nSPS) is 17.6. The summed E-state index contributed by atoms with van der Waals surface area (Å²) in [6.07, 6.45) is 3.53. The van der Waals surface area contributed by atoms with Crippen LogP contribution in [-0.2, 0) is 16.1 Å². The van der Waals surface area contributed by atoms with Gasteiger partial charge in [-0.2, -0.15) is 0 Å². The van der Waals surface area contributed by atoms with E-state index in [9.17, 15) is 4.79 Å². The first-order valence-corrected chi connectivity index (χ1v) is 8.32. The smallest absolute Gasteiger partial charge is 0.249 e. The molecule has 1 aromatic heterocycles. The highest BCUT2D eigenvalue weighted by Crippen LogP contribution is 2.37. The average Bonchev–Trinajstić information content (AvgIpc) is 3.06. The zero-order valence-corrected chi connectivity index (χ0v) is 13.0. The second kappa shape index (κ2) is 7.42. The third-order valence-electron chi connectivity index (χ3n) is 3.54. The summed E-state index contributed by atoms with van der Waals surface area (Å²) in [4.78, 5) is 18.3. The maximum absolute atomic E-state index is 12.4. The van der Waals surface area contributed by atoms with Gasteiger partial charge in [0.05, 0.1) is 6.61 Å². The van der Waals surface area contributed by atoms with Gasteiger partial charge >= 0.3 is 0 Å². The van der Waals surface area contributed by atoms with Crippen molar-refractivity contribution >= 4 is 17.7 Å². The van der Waals surface area contributed by atoms with E-state index in [0.29, 0.717) is 6.61 Å². The van der Waals surface area contributed by atoms with Gasteiger partial charge in [0.2, 0.25) is 5.91 Å². The minimum absolute atomic E-state index is 0.0442. The molecule has 1 aliphatic rings. The van der Waals surface area contributed by atoms with Gasteiger partial charge in [-0.05, 0) is 23.3 Å². The fourth-order valence-corrected chi connectivity index (χ4v) is 3.72. The summed E-state index contributed by atoms with van der Waals surface area (Å²) >= 11 is 1.78. The lowest BCUT2D eigenvalue weighted by molar-refractivity contribution is -0.136. The molecule has 1 amide bonds. The van der Waals surface area contributed by atoms with E-state index in [-0.39, 0.29) is 17.9 Å². The van der Waals surface area contributed by atoms with Gasteiger partial charge in [0.1, 0.15) is 12.0 Å². The van der Waals surface area contributed by atoms with Crippen LogP contribution in [0, 0.1) is 0 Å². The Kier molecular flexibility index (Phi) is 5.08. The first-order valence-electron chi connectivity index (χ1n) is 7.27. The van der Waals surface area contributed by atoms with Gasteiger partial charge < -0.3 is 9.64 Å². The molecule has 1 aromatic carbocycles. The topological polar surface area (TPSA) is 42.4 Å². The minimum Gasteiger partial charge on any atom is -0.367 e. The fraction of sp³-hybridized carbons (Fsp3) is 0.294. The monoisotopic (exact) mass is 314 g/mol. The second-order valence-electron chi connectivity index (χ2n) is 5.07. The Morgan fingerprint density at radius 1 is 1.23 bits per heavy atom. The van der Waals surface area contributed by atoms with Gasteiger partial charge in [0, 0.05) is 24.7 Å². The quantitative estimate of drug-likeness (QED) is 0.851. The molecule has 1 unspecified atom stereocenters. The fourth-order valence-electron chi connectivity index (χ4n) is 2.44. The van der Waals surface area contributed by atoms with Gasteiger partial charge in [-0.15, -0.1) is 11.8 Å². The van der Waals surface area contributed by atoms with Crippen LogP contribution >= 0.6 is 11.8 Å². The molecule has 0 saturated carbocycles. The Morgan fingerprint density at radius 2 is 2.00 bits per heavy atom. The van der Waals surface area contributed by atoms with Crippen molar-refractivity contribution in [3.05, 3.63) is 66.0 Å². The van der Waals surface area contributed by atoms with Crippen LogP contribution in [0.25, 0.3) is 0 Å². The average molecular weight is 314 g/mol. The standard InChI is InChI=1S/C17H18N2O2S/c20-16(13-21-12-14-4-2-1-3-5-14)19-10-11-22-17(19)15-6-8-18-9-7-15/h1-9,17H,10-13H2. The molecule has 22 heavy (non-hydrogen) atoms. The van der Waals surface area contributed by atoms with E-state index < -0.39 is 0 Å². The Hall–Kier alpha value is -1.85. The summed E-state index contributed by atoms with van der Waals surface area (Å²) < 4.78 is 5.57. The molecule has 1 saturated heterocycles. The van der Waals surface area contributed by atoms with Crippen molar-refractivity contribution in [2.45, 2.75) is 12.0 Å². The van der Waals surface area contributed by atoms with E-state index in [1.807, 2.05) is 47.4 Å². The van der Waals surface area contributed by atoms with E-state index in [0.717, 1.165) is 23.4 Å². The molecule has 3 rings (SSSR count). The Bertz CT molecular complexity index is 607. The number of amides is 1. The predicted octanol–water partition coefficient (Wildman–Crippen LogP) is 2.87. The molecule has 0 radical (unpaired) electrons. The third kappa shape index (κ3) is 3.67. The van der Waals surface area contributed by atoms with Crippen molar-refractivity contribution in [1.82, 2.24) is 9.88 Å². The molecule has 2 aromatic rings. The number of ether oxygens (including phenoxy) is 1. The first kappa shape index (κ1) is 15.1. The van der Waals surface area contributed by atoms with Crippen molar-refractivity contribution in [3.8, 4) is 0 Å². The first-order chi connectivity index (χ1) is 10.8. The summed E-state index contributed by atoms with van der Waals surface area (Å²) in [5.41, 5.74) is 2.20. The molecular formula is C17H18N2O2S. The summed E-state index contributed by atoms with van der Waals surface area (Å²) in [5.74, 6) is 1.000.